The lowest BCUT2D eigenvalue weighted by molar-refractivity contribution is -0.114. The number of alkyl halides is 2. The summed E-state index contributed by atoms with van der Waals surface area (Å²) in [7, 11) is 1.85. The number of carbonyl (C=O) groups is 1. The van der Waals surface area contributed by atoms with Gasteiger partial charge in [0.25, 0.3) is 0 Å². The van der Waals surface area contributed by atoms with E-state index < -0.39 is 12.2 Å². The number of carbonyl (C=O) groups excluding carboxylic acids is 1. The zero-order valence-electron chi connectivity index (χ0n) is 15.9. The number of fused-ring (bicyclic) bond motifs is 1. The van der Waals surface area contributed by atoms with Gasteiger partial charge < -0.3 is 14.5 Å². The van der Waals surface area contributed by atoms with Crippen LogP contribution in [0.15, 0.2) is 57.7 Å². The van der Waals surface area contributed by atoms with E-state index in [1.54, 1.807) is 30.3 Å². The maximum absolute atomic E-state index is 12.4. The summed E-state index contributed by atoms with van der Waals surface area (Å²) in [6, 6.07) is 13.0. The lowest BCUT2D eigenvalue weighted by Gasteiger charge is -2.18. The molecule has 1 heterocycles. The van der Waals surface area contributed by atoms with Gasteiger partial charge in [0.15, 0.2) is 0 Å². The van der Waals surface area contributed by atoms with Gasteiger partial charge in [0.2, 0.25) is 5.91 Å². The van der Waals surface area contributed by atoms with Crippen molar-refractivity contribution >= 4 is 22.6 Å². The first-order valence-corrected chi connectivity index (χ1v) is 8.87. The minimum atomic E-state index is -2.87. The maximum atomic E-state index is 12.4. The molecular formula is C21H20F2N2O4. The minimum absolute atomic E-state index is 0.0993. The first-order chi connectivity index (χ1) is 13.8. The van der Waals surface area contributed by atoms with Gasteiger partial charge in [0, 0.05) is 43.2 Å². The number of hydrogen-bond acceptors (Lipinski definition) is 5. The Labute approximate surface area is 165 Å². The first kappa shape index (κ1) is 20.5. The fraction of sp³-hybridized carbons (Fsp3) is 0.238. The number of rotatable bonds is 7. The van der Waals surface area contributed by atoms with Crippen LogP contribution >= 0.6 is 0 Å². The van der Waals surface area contributed by atoms with Gasteiger partial charge in [0.1, 0.15) is 11.3 Å². The number of hydrogen-bond donors (Lipinski definition) is 1. The first-order valence-electron chi connectivity index (χ1n) is 8.87. The Morgan fingerprint density at radius 2 is 1.97 bits per heavy atom. The van der Waals surface area contributed by atoms with E-state index in [0.29, 0.717) is 24.4 Å². The average Bonchev–Trinajstić information content (AvgIpc) is 2.60. The van der Waals surface area contributed by atoms with E-state index in [-0.39, 0.29) is 11.7 Å². The molecule has 3 rings (SSSR count). The Morgan fingerprint density at radius 3 is 2.69 bits per heavy atom. The molecule has 6 nitrogen and oxygen atoms in total. The molecule has 0 aliphatic rings. The second-order valence-corrected chi connectivity index (χ2v) is 6.68. The molecule has 0 aliphatic carbocycles. The molecule has 0 atom stereocenters. The van der Waals surface area contributed by atoms with Crippen LogP contribution in [0.4, 0.5) is 14.5 Å². The van der Waals surface area contributed by atoms with Gasteiger partial charge in [-0.05, 0) is 42.4 Å². The van der Waals surface area contributed by atoms with E-state index in [4.69, 9.17) is 4.42 Å². The van der Waals surface area contributed by atoms with Crippen molar-refractivity contribution in [2.75, 3.05) is 12.4 Å². The lowest BCUT2D eigenvalue weighted by atomic mass is 10.1. The Balaban J connectivity index is 1.80. The van der Waals surface area contributed by atoms with E-state index >= 15 is 0 Å². The minimum Gasteiger partial charge on any atom is -0.435 e. The number of nitrogens with one attached hydrogen (secondary N) is 1. The molecule has 29 heavy (non-hydrogen) atoms. The third-order valence-corrected chi connectivity index (χ3v) is 4.17. The Morgan fingerprint density at radius 1 is 1.17 bits per heavy atom. The zero-order valence-corrected chi connectivity index (χ0v) is 15.9. The average molecular weight is 402 g/mol. The van der Waals surface area contributed by atoms with Crippen LogP contribution in [0.5, 0.6) is 5.75 Å². The molecule has 0 bridgehead atoms. The van der Waals surface area contributed by atoms with Crippen LogP contribution in [0.3, 0.4) is 0 Å². The van der Waals surface area contributed by atoms with Crippen molar-refractivity contribution in [1.29, 1.82) is 0 Å². The second kappa shape index (κ2) is 8.83. The number of halogens is 2. The summed E-state index contributed by atoms with van der Waals surface area (Å²) in [4.78, 5) is 25.1. The van der Waals surface area contributed by atoms with Crippen molar-refractivity contribution in [2.45, 2.75) is 26.6 Å². The molecule has 2 aromatic carbocycles. The molecule has 0 spiro atoms. The Hall–Kier alpha value is -3.26. The van der Waals surface area contributed by atoms with E-state index in [1.165, 1.54) is 19.1 Å². The largest absolute Gasteiger partial charge is 0.435 e. The predicted molar refractivity (Wildman–Crippen MR) is 105 cm³/mol. The number of amides is 1. The van der Waals surface area contributed by atoms with Gasteiger partial charge in [-0.2, -0.15) is 8.78 Å². The van der Waals surface area contributed by atoms with Gasteiger partial charge in [-0.15, -0.1) is 0 Å². The standard InChI is InChI=1S/C21H20F2N2O4/c1-13(26)24-16-6-7-18-15(9-20(27)29-19(18)10-16)12-25(2)11-14-4-3-5-17(8-14)28-21(22)23/h3-10,21H,11-12H2,1-2H3,(H,24,26). The smallest absolute Gasteiger partial charge is 0.387 e. The molecule has 3 aromatic rings. The quantitative estimate of drug-likeness (QED) is 0.605. The third-order valence-electron chi connectivity index (χ3n) is 4.17. The molecule has 1 aromatic heterocycles. The highest BCUT2D eigenvalue weighted by Crippen LogP contribution is 2.23. The van der Waals surface area contributed by atoms with Crippen LogP contribution in [0, 0.1) is 0 Å². The molecule has 0 saturated carbocycles. The van der Waals surface area contributed by atoms with Crippen LogP contribution in [-0.2, 0) is 17.9 Å². The summed E-state index contributed by atoms with van der Waals surface area (Å²) in [6.45, 7) is -0.582. The monoisotopic (exact) mass is 402 g/mol. The van der Waals surface area contributed by atoms with Crippen molar-refractivity contribution < 1.29 is 22.7 Å². The van der Waals surface area contributed by atoms with Crippen LogP contribution in [0.1, 0.15) is 18.1 Å². The number of ether oxygens (including phenoxy) is 1. The number of anilines is 1. The highest BCUT2D eigenvalue weighted by atomic mass is 19.3. The molecule has 0 aliphatic heterocycles. The second-order valence-electron chi connectivity index (χ2n) is 6.68. The van der Waals surface area contributed by atoms with Crippen molar-refractivity contribution in [3.63, 3.8) is 0 Å². The highest BCUT2D eigenvalue weighted by Gasteiger charge is 2.11. The van der Waals surface area contributed by atoms with E-state index in [9.17, 15) is 18.4 Å². The zero-order chi connectivity index (χ0) is 21.0. The summed E-state index contributed by atoms with van der Waals surface area (Å²) >= 11 is 0. The SMILES string of the molecule is CC(=O)Nc1ccc2c(CN(C)Cc3cccc(OC(F)F)c3)cc(=O)oc2c1. The van der Waals surface area contributed by atoms with Crippen molar-refractivity contribution in [1.82, 2.24) is 4.90 Å². The maximum Gasteiger partial charge on any atom is 0.387 e. The Kier molecular flexibility index (Phi) is 6.23. The molecule has 1 N–H and O–H groups in total. The fourth-order valence-electron chi connectivity index (χ4n) is 3.12. The molecule has 0 unspecified atom stereocenters. The molecule has 0 saturated heterocycles. The van der Waals surface area contributed by atoms with E-state index in [0.717, 1.165) is 16.5 Å². The van der Waals surface area contributed by atoms with Gasteiger partial charge in [0.05, 0.1) is 0 Å². The van der Waals surface area contributed by atoms with E-state index in [1.807, 2.05) is 18.0 Å². The third kappa shape index (κ3) is 5.61. The predicted octanol–water partition coefficient (Wildman–Crippen LogP) is 3.98. The van der Waals surface area contributed by atoms with E-state index in [2.05, 4.69) is 10.1 Å². The fourth-order valence-corrected chi connectivity index (χ4v) is 3.12. The van der Waals surface area contributed by atoms with Crippen molar-refractivity contribution in [3.05, 3.63) is 70.1 Å². The molecular weight excluding hydrogens is 382 g/mol. The highest BCUT2D eigenvalue weighted by molar-refractivity contribution is 5.92. The van der Waals surface area contributed by atoms with Gasteiger partial charge in [-0.25, -0.2) is 4.79 Å². The van der Waals surface area contributed by atoms with Gasteiger partial charge in [-0.1, -0.05) is 12.1 Å². The molecule has 152 valence electrons. The van der Waals surface area contributed by atoms with Crippen molar-refractivity contribution in [2.24, 2.45) is 0 Å². The summed E-state index contributed by atoms with van der Waals surface area (Å²) in [5.41, 5.74) is 1.97. The molecule has 8 heteroatoms. The summed E-state index contributed by atoms with van der Waals surface area (Å²) in [5.74, 6) is -0.122. The molecule has 1 amide bonds. The Bertz CT molecular complexity index is 1080. The summed E-state index contributed by atoms with van der Waals surface area (Å²) in [6.07, 6.45) is 0. The lowest BCUT2D eigenvalue weighted by Crippen LogP contribution is -2.18. The van der Waals surface area contributed by atoms with Crippen LogP contribution < -0.4 is 15.7 Å². The van der Waals surface area contributed by atoms with Crippen LogP contribution in [0.25, 0.3) is 11.0 Å². The normalized spacial score (nSPS) is 11.2. The summed E-state index contributed by atoms with van der Waals surface area (Å²) in [5, 5.41) is 3.40. The van der Waals surface area contributed by atoms with Crippen LogP contribution in [-0.4, -0.2) is 24.5 Å². The van der Waals surface area contributed by atoms with Crippen LogP contribution in [0.2, 0.25) is 0 Å². The van der Waals surface area contributed by atoms with Crippen molar-refractivity contribution in [3.8, 4) is 5.75 Å². The van der Waals surface area contributed by atoms with Gasteiger partial charge in [-0.3, -0.25) is 9.69 Å². The topological polar surface area (TPSA) is 71.8 Å². The number of benzene rings is 2. The number of nitrogens with zero attached hydrogens (tertiary/aromatic N) is 1. The molecule has 0 radical (unpaired) electrons. The molecule has 0 fully saturated rings. The summed E-state index contributed by atoms with van der Waals surface area (Å²) < 4.78 is 34.5. The van der Waals surface area contributed by atoms with Gasteiger partial charge >= 0.3 is 12.2 Å².